The highest BCUT2D eigenvalue weighted by Gasteiger charge is 2.29. The molecular weight excluding hydrogens is 342 g/mol. The topological polar surface area (TPSA) is 71.0 Å². The van der Waals surface area contributed by atoms with Gasteiger partial charge in [0.15, 0.2) is 5.96 Å². The van der Waals surface area contributed by atoms with Gasteiger partial charge in [0, 0.05) is 39.0 Å². The maximum absolute atomic E-state index is 5.85. The molecular formula is C20H33N5O2. The van der Waals surface area contributed by atoms with Crippen molar-refractivity contribution in [3.8, 4) is 0 Å². The molecule has 0 spiro atoms. The van der Waals surface area contributed by atoms with Crippen molar-refractivity contribution in [2.24, 2.45) is 4.99 Å². The lowest BCUT2D eigenvalue weighted by molar-refractivity contribution is 0.0243. The predicted octanol–water partition coefficient (Wildman–Crippen LogP) is 1.93. The molecule has 0 bridgehead atoms. The number of nitrogens with zero attached hydrogens (tertiary/aromatic N) is 3. The Kier molecular flexibility index (Phi) is 6.90. The minimum absolute atomic E-state index is 0.0902. The SMILES string of the molecule is CCNC(=NCc1ccnc(N2CCOC(C)C2)c1)NCC1(C)CCCO1. The van der Waals surface area contributed by atoms with E-state index in [0.29, 0.717) is 6.54 Å². The molecule has 2 fully saturated rings. The molecule has 2 unspecified atom stereocenters. The van der Waals surface area contributed by atoms with Crippen molar-refractivity contribution < 1.29 is 9.47 Å². The standard InChI is InChI=1S/C20H33N5O2/c1-4-21-19(24-15-20(3)7-5-10-27-20)23-13-17-6-8-22-18(12-17)25-9-11-26-16(2)14-25/h6,8,12,16H,4-5,7,9-11,13-15H2,1-3H3,(H2,21,23,24). The summed E-state index contributed by atoms with van der Waals surface area (Å²) < 4.78 is 11.5. The summed E-state index contributed by atoms with van der Waals surface area (Å²) in [5.41, 5.74) is 1.06. The molecule has 2 N–H and O–H groups in total. The molecule has 0 aliphatic carbocycles. The molecule has 3 rings (SSSR count). The highest BCUT2D eigenvalue weighted by atomic mass is 16.5. The van der Waals surface area contributed by atoms with E-state index >= 15 is 0 Å². The number of nitrogens with one attached hydrogen (secondary N) is 2. The molecule has 27 heavy (non-hydrogen) atoms. The summed E-state index contributed by atoms with van der Waals surface area (Å²) in [5.74, 6) is 1.83. The Morgan fingerprint density at radius 2 is 2.30 bits per heavy atom. The van der Waals surface area contributed by atoms with Crippen molar-refractivity contribution in [2.75, 3.05) is 44.3 Å². The van der Waals surface area contributed by atoms with Crippen LogP contribution in [0.25, 0.3) is 0 Å². The van der Waals surface area contributed by atoms with E-state index in [1.807, 2.05) is 12.3 Å². The van der Waals surface area contributed by atoms with Crippen LogP contribution in [0.3, 0.4) is 0 Å². The fourth-order valence-electron chi connectivity index (χ4n) is 3.52. The molecule has 2 aliphatic heterocycles. The van der Waals surface area contributed by atoms with Gasteiger partial charge in [-0.2, -0.15) is 0 Å². The van der Waals surface area contributed by atoms with Crippen molar-refractivity contribution in [3.05, 3.63) is 23.9 Å². The number of hydrogen-bond donors (Lipinski definition) is 2. The van der Waals surface area contributed by atoms with Crippen molar-refractivity contribution in [1.82, 2.24) is 15.6 Å². The zero-order valence-electron chi connectivity index (χ0n) is 16.8. The number of hydrogen-bond acceptors (Lipinski definition) is 5. The van der Waals surface area contributed by atoms with E-state index in [-0.39, 0.29) is 11.7 Å². The van der Waals surface area contributed by atoms with Gasteiger partial charge in [-0.05, 0) is 51.3 Å². The van der Waals surface area contributed by atoms with Crippen molar-refractivity contribution in [3.63, 3.8) is 0 Å². The van der Waals surface area contributed by atoms with Gasteiger partial charge in [0.05, 0.1) is 24.9 Å². The second-order valence-electron chi connectivity index (χ2n) is 7.60. The molecule has 2 saturated heterocycles. The third-order valence-corrected chi connectivity index (χ3v) is 5.07. The number of guanidine groups is 1. The summed E-state index contributed by atoms with van der Waals surface area (Å²) in [6, 6.07) is 4.16. The summed E-state index contributed by atoms with van der Waals surface area (Å²) in [5, 5.41) is 6.75. The summed E-state index contributed by atoms with van der Waals surface area (Å²) in [4.78, 5) is 11.6. The lowest BCUT2D eigenvalue weighted by Gasteiger charge is -2.32. The number of anilines is 1. The normalized spacial score (nSPS) is 26.3. The van der Waals surface area contributed by atoms with Crippen molar-refractivity contribution >= 4 is 11.8 Å². The second kappa shape index (κ2) is 9.37. The second-order valence-corrected chi connectivity index (χ2v) is 7.60. The third kappa shape index (κ3) is 5.81. The van der Waals surface area contributed by atoms with Crippen LogP contribution in [0.5, 0.6) is 0 Å². The smallest absolute Gasteiger partial charge is 0.191 e. The number of rotatable bonds is 6. The van der Waals surface area contributed by atoms with E-state index in [9.17, 15) is 0 Å². The maximum atomic E-state index is 5.85. The van der Waals surface area contributed by atoms with Gasteiger partial charge in [0.2, 0.25) is 0 Å². The van der Waals surface area contributed by atoms with Crippen LogP contribution in [0.2, 0.25) is 0 Å². The maximum Gasteiger partial charge on any atom is 0.191 e. The molecule has 0 aromatic carbocycles. The summed E-state index contributed by atoms with van der Waals surface area (Å²) >= 11 is 0. The first-order valence-electron chi connectivity index (χ1n) is 10.1. The predicted molar refractivity (Wildman–Crippen MR) is 108 cm³/mol. The van der Waals surface area contributed by atoms with Crippen LogP contribution in [-0.4, -0.2) is 62.0 Å². The molecule has 1 aromatic rings. The molecule has 1 aromatic heterocycles. The van der Waals surface area contributed by atoms with Gasteiger partial charge in [-0.1, -0.05) is 0 Å². The van der Waals surface area contributed by atoms with Gasteiger partial charge in [0.25, 0.3) is 0 Å². The van der Waals surface area contributed by atoms with Crippen LogP contribution < -0.4 is 15.5 Å². The van der Waals surface area contributed by atoms with E-state index in [1.165, 1.54) is 0 Å². The quantitative estimate of drug-likeness (QED) is 0.585. The Morgan fingerprint density at radius 1 is 1.41 bits per heavy atom. The highest BCUT2D eigenvalue weighted by molar-refractivity contribution is 5.79. The lowest BCUT2D eigenvalue weighted by atomic mass is 10.0. The number of aliphatic imine (C=N–C) groups is 1. The molecule has 0 amide bonds. The molecule has 2 atom stereocenters. The Hall–Kier alpha value is -1.86. The monoisotopic (exact) mass is 375 g/mol. The van der Waals surface area contributed by atoms with Gasteiger partial charge in [-0.3, -0.25) is 0 Å². The third-order valence-electron chi connectivity index (χ3n) is 5.07. The van der Waals surface area contributed by atoms with E-state index in [1.54, 1.807) is 0 Å². The largest absolute Gasteiger partial charge is 0.375 e. The zero-order chi connectivity index (χ0) is 19.1. The Bertz CT molecular complexity index is 631. The summed E-state index contributed by atoms with van der Waals surface area (Å²) in [6.07, 6.45) is 4.33. The van der Waals surface area contributed by atoms with Crippen LogP contribution in [0, 0.1) is 0 Å². The minimum Gasteiger partial charge on any atom is -0.375 e. The van der Waals surface area contributed by atoms with Gasteiger partial charge in [-0.15, -0.1) is 0 Å². The Morgan fingerprint density at radius 3 is 3.04 bits per heavy atom. The molecule has 7 nitrogen and oxygen atoms in total. The number of aromatic nitrogens is 1. The fraction of sp³-hybridized carbons (Fsp3) is 0.700. The van der Waals surface area contributed by atoms with E-state index in [4.69, 9.17) is 14.5 Å². The Labute approximate surface area is 162 Å². The first-order chi connectivity index (χ1) is 13.1. The van der Waals surface area contributed by atoms with Crippen molar-refractivity contribution in [2.45, 2.75) is 51.9 Å². The first-order valence-corrected chi connectivity index (χ1v) is 10.1. The molecule has 0 radical (unpaired) electrons. The average Bonchev–Trinajstić information content (AvgIpc) is 3.11. The highest BCUT2D eigenvalue weighted by Crippen LogP contribution is 2.23. The van der Waals surface area contributed by atoms with Crippen LogP contribution in [-0.2, 0) is 16.0 Å². The molecule has 0 saturated carbocycles. The molecule has 150 valence electrons. The van der Waals surface area contributed by atoms with Crippen LogP contribution >= 0.6 is 0 Å². The van der Waals surface area contributed by atoms with Gasteiger partial charge in [-0.25, -0.2) is 9.98 Å². The first kappa shape index (κ1) is 19.9. The van der Waals surface area contributed by atoms with Gasteiger partial charge >= 0.3 is 0 Å². The number of pyridine rings is 1. The van der Waals surface area contributed by atoms with Gasteiger partial charge in [0.1, 0.15) is 5.82 Å². The fourth-order valence-corrected chi connectivity index (χ4v) is 3.52. The minimum atomic E-state index is -0.0902. The summed E-state index contributed by atoms with van der Waals surface area (Å²) in [6.45, 7) is 11.9. The number of ether oxygens (including phenoxy) is 2. The van der Waals surface area contributed by atoms with E-state index in [0.717, 1.165) is 69.6 Å². The van der Waals surface area contributed by atoms with Gasteiger partial charge < -0.3 is 25.0 Å². The van der Waals surface area contributed by atoms with E-state index < -0.39 is 0 Å². The van der Waals surface area contributed by atoms with Crippen LogP contribution in [0.15, 0.2) is 23.3 Å². The average molecular weight is 376 g/mol. The Balaban J connectivity index is 1.60. The number of morpholine rings is 1. The molecule has 3 heterocycles. The van der Waals surface area contributed by atoms with E-state index in [2.05, 4.69) is 47.4 Å². The molecule has 7 heteroatoms. The van der Waals surface area contributed by atoms with Crippen LogP contribution in [0.1, 0.15) is 39.2 Å². The molecule has 2 aliphatic rings. The zero-order valence-corrected chi connectivity index (χ0v) is 16.8. The summed E-state index contributed by atoms with van der Waals surface area (Å²) in [7, 11) is 0. The lowest BCUT2D eigenvalue weighted by Crippen LogP contribution is -2.45. The van der Waals surface area contributed by atoms with Crippen molar-refractivity contribution in [1.29, 1.82) is 0 Å². The van der Waals surface area contributed by atoms with Crippen LogP contribution in [0.4, 0.5) is 5.82 Å².